The summed E-state index contributed by atoms with van der Waals surface area (Å²) >= 11 is 6.96. The van der Waals surface area contributed by atoms with Crippen LogP contribution in [-0.4, -0.2) is 16.1 Å². The number of hydrogen-bond acceptors (Lipinski definition) is 4. The van der Waals surface area contributed by atoms with Gasteiger partial charge in [0.25, 0.3) is 0 Å². The van der Waals surface area contributed by atoms with Gasteiger partial charge >= 0.3 is 5.97 Å². The molecule has 0 unspecified atom stereocenters. The van der Waals surface area contributed by atoms with Gasteiger partial charge in [-0.1, -0.05) is 17.7 Å². The van der Waals surface area contributed by atoms with Crippen molar-refractivity contribution in [3.8, 4) is 5.75 Å². The first-order valence-corrected chi connectivity index (χ1v) is 6.38. The summed E-state index contributed by atoms with van der Waals surface area (Å²) in [4.78, 5) is 14.6. The second-order valence-electron chi connectivity index (χ2n) is 3.65. The number of thiazole rings is 1. The third-order valence-electron chi connectivity index (χ3n) is 2.26. The van der Waals surface area contributed by atoms with Gasteiger partial charge in [-0.3, -0.25) is 0 Å². The van der Waals surface area contributed by atoms with Crippen molar-refractivity contribution >= 4 is 28.9 Å². The highest BCUT2D eigenvalue weighted by Gasteiger charge is 2.09. The molecule has 0 amide bonds. The molecule has 0 spiro atoms. The van der Waals surface area contributed by atoms with Gasteiger partial charge in [-0.2, -0.15) is 0 Å². The summed E-state index contributed by atoms with van der Waals surface area (Å²) in [6, 6.07) is 5.37. The number of nitrogens with zero attached hydrogens (tertiary/aromatic N) is 1. The Kier molecular flexibility index (Phi) is 3.84. The molecule has 0 aliphatic carbocycles. The van der Waals surface area contributed by atoms with Gasteiger partial charge in [-0.25, -0.2) is 9.78 Å². The molecular formula is C12H10ClNO3S. The zero-order valence-electron chi connectivity index (χ0n) is 9.51. The number of rotatable bonds is 4. The number of halogens is 1. The van der Waals surface area contributed by atoms with E-state index in [0.717, 1.165) is 16.9 Å². The van der Waals surface area contributed by atoms with Gasteiger partial charge in [0.15, 0.2) is 0 Å². The third-order valence-corrected chi connectivity index (χ3v) is 3.37. The number of benzene rings is 1. The van der Waals surface area contributed by atoms with Crippen LogP contribution in [0.4, 0.5) is 0 Å². The Labute approximate surface area is 113 Å². The minimum Gasteiger partial charge on any atom is -0.487 e. The molecule has 0 aliphatic heterocycles. The zero-order chi connectivity index (χ0) is 13.1. The number of ether oxygens (including phenoxy) is 1. The maximum absolute atomic E-state index is 10.7. The lowest BCUT2D eigenvalue weighted by atomic mass is 10.2. The molecule has 18 heavy (non-hydrogen) atoms. The fourth-order valence-corrected chi connectivity index (χ4v) is 2.15. The van der Waals surface area contributed by atoms with E-state index in [1.807, 2.05) is 13.0 Å². The van der Waals surface area contributed by atoms with E-state index in [4.69, 9.17) is 21.4 Å². The zero-order valence-corrected chi connectivity index (χ0v) is 11.1. The second-order valence-corrected chi connectivity index (χ2v) is 4.94. The molecule has 0 saturated heterocycles. The molecule has 4 nitrogen and oxygen atoms in total. The average molecular weight is 284 g/mol. The largest absolute Gasteiger partial charge is 0.487 e. The van der Waals surface area contributed by atoms with Crippen LogP contribution in [0.1, 0.15) is 21.1 Å². The summed E-state index contributed by atoms with van der Waals surface area (Å²) in [6.07, 6.45) is 0. The molecular weight excluding hydrogens is 274 g/mol. The van der Waals surface area contributed by atoms with Crippen LogP contribution in [0.25, 0.3) is 0 Å². The van der Waals surface area contributed by atoms with Gasteiger partial charge in [0.05, 0.1) is 5.69 Å². The highest BCUT2D eigenvalue weighted by atomic mass is 35.5. The highest BCUT2D eigenvalue weighted by molar-refractivity contribution is 7.11. The van der Waals surface area contributed by atoms with E-state index in [-0.39, 0.29) is 11.6 Å². The van der Waals surface area contributed by atoms with Gasteiger partial charge in [-0.15, -0.1) is 11.3 Å². The molecule has 0 aliphatic rings. The van der Waals surface area contributed by atoms with Crippen molar-refractivity contribution < 1.29 is 14.6 Å². The van der Waals surface area contributed by atoms with Gasteiger partial charge in [0.2, 0.25) is 5.01 Å². The Morgan fingerprint density at radius 2 is 2.33 bits per heavy atom. The SMILES string of the molecule is Cc1ccc(Cl)cc1OCc1csc(C(=O)O)n1. The van der Waals surface area contributed by atoms with Crippen molar-refractivity contribution in [3.05, 3.63) is 44.9 Å². The molecule has 0 bridgehead atoms. The van der Waals surface area contributed by atoms with Gasteiger partial charge in [-0.05, 0) is 24.6 Å². The lowest BCUT2D eigenvalue weighted by Crippen LogP contribution is -2.00. The van der Waals surface area contributed by atoms with Gasteiger partial charge in [0, 0.05) is 10.4 Å². The normalized spacial score (nSPS) is 10.3. The van der Waals surface area contributed by atoms with E-state index in [2.05, 4.69) is 4.98 Å². The van der Waals surface area contributed by atoms with Crippen molar-refractivity contribution in [3.63, 3.8) is 0 Å². The van der Waals surface area contributed by atoms with E-state index < -0.39 is 5.97 Å². The molecule has 0 fully saturated rings. The van der Waals surface area contributed by atoms with E-state index in [1.54, 1.807) is 17.5 Å². The maximum atomic E-state index is 10.7. The summed E-state index contributed by atoms with van der Waals surface area (Å²) < 4.78 is 5.56. The van der Waals surface area contributed by atoms with Crippen molar-refractivity contribution in [1.29, 1.82) is 0 Å². The number of carbonyl (C=O) groups is 1. The van der Waals surface area contributed by atoms with Crippen molar-refractivity contribution in [2.24, 2.45) is 0 Å². The van der Waals surface area contributed by atoms with Crippen molar-refractivity contribution in [2.45, 2.75) is 13.5 Å². The quantitative estimate of drug-likeness (QED) is 0.934. The maximum Gasteiger partial charge on any atom is 0.365 e. The van der Waals surface area contributed by atoms with Crippen LogP contribution < -0.4 is 4.74 Å². The van der Waals surface area contributed by atoms with Crippen molar-refractivity contribution in [1.82, 2.24) is 4.98 Å². The standard InChI is InChI=1S/C12H10ClNO3S/c1-7-2-3-8(13)4-10(7)17-5-9-6-18-11(14-9)12(15)16/h2-4,6H,5H2,1H3,(H,15,16). The van der Waals surface area contributed by atoms with Crippen LogP contribution in [0.3, 0.4) is 0 Å². The van der Waals surface area contributed by atoms with E-state index in [1.165, 1.54) is 0 Å². The number of aromatic carboxylic acids is 1. The monoisotopic (exact) mass is 283 g/mol. The van der Waals surface area contributed by atoms with E-state index in [9.17, 15) is 4.79 Å². The van der Waals surface area contributed by atoms with Crippen LogP contribution in [0.5, 0.6) is 5.75 Å². The lowest BCUT2D eigenvalue weighted by molar-refractivity contribution is 0.0696. The van der Waals surface area contributed by atoms with Crippen molar-refractivity contribution in [2.75, 3.05) is 0 Å². The van der Waals surface area contributed by atoms with Crippen LogP contribution in [-0.2, 0) is 6.61 Å². The third kappa shape index (κ3) is 3.00. The predicted octanol–water partition coefficient (Wildman–Crippen LogP) is 3.38. The molecule has 94 valence electrons. The molecule has 2 rings (SSSR count). The smallest absolute Gasteiger partial charge is 0.365 e. The summed E-state index contributed by atoms with van der Waals surface area (Å²) in [5.41, 5.74) is 1.56. The Balaban J connectivity index is 2.06. The Morgan fingerprint density at radius 1 is 1.56 bits per heavy atom. The summed E-state index contributed by atoms with van der Waals surface area (Å²) in [7, 11) is 0. The van der Waals surface area contributed by atoms with E-state index in [0.29, 0.717) is 16.5 Å². The topological polar surface area (TPSA) is 59.4 Å². The fourth-order valence-electron chi connectivity index (χ4n) is 1.35. The lowest BCUT2D eigenvalue weighted by Gasteiger charge is -2.07. The highest BCUT2D eigenvalue weighted by Crippen LogP contribution is 2.23. The first kappa shape index (κ1) is 12.9. The summed E-state index contributed by atoms with van der Waals surface area (Å²) in [5.74, 6) is -0.349. The molecule has 2 aromatic rings. The van der Waals surface area contributed by atoms with Crippen LogP contribution >= 0.6 is 22.9 Å². The number of carboxylic acid groups (broad SMARTS) is 1. The Bertz CT molecular complexity index is 582. The van der Waals surface area contributed by atoms with Crippen LogP contribution in [0.2, 0.25) is 5.02 Å². The summed E-state index contributed by atoms with van der Waals surface area (Å²) in [5, 5.41) is 11.1. The molecule has 1 heterocycles. The number of carboxylic acids is 1. The average Bonchev–Trinajstić information content (AvgIpc) is 2.79. The molecule has 6 heteroatoms. The Morgan fingerprint density at radius 3 is 3.00 bits per heavy atom. The van der Waals surface area contributed by atoms with E-state index >= 15 is 0 Å². The minimum absolute atomic E-state index is 0.0661. The number of aryl methyl sites for hydroxylation is 1. The van der Waals surface area contributed by atoms with Crippen LogP contribution in [0, 0.1) is 6.92 Å². The first-order chi connectivity index (χ1) is 8.56. The first-order valence-electron chi connectivity index (χ1n) is 5.13. The molecule has 1 N–H and O–H groups in total. The molecule has 0 atom stereocenters. The molecule has 1 aromatic heterocycles. The number of aromatic nitrogens is 1. The summed E-state index contributed by atoms with van der Waals surface area (Å²) in [6.45, 7) is 2.14. The molecule has 0 saturated carbocycles. The van der Waals surface area contributed by atoms with Gasteiger partial charge < -0.3 is 9.84 Å². The van der Waals surface area contributed by atoms with Gasteiger partial charge in [0.1, 0.15) is 12.4 Å². The number of hydrogen-bond donors (Lipinski definition) is 1. The Hall–Kier alpha value is -1.59. The fraction of sp³-hybridized carbons (Fsp3) is 0.167. The minimum atomic E-state index is -1.02. The second kappa shape index (κ2) is 5.37. The molecule has 0 radical (unpaired) electrons. The van der Waals surface area contributed by atoms with Crippen LogP contribution in [0.15, 0.2) is 23.6 Å². The molecule has 1 aromatic carbocycles. The predicted molar refractivity (Wildman–Crippen MR) is 69.6 cm³/mol.